The quantitative estimate of drug-likeness (QED) is 0.183. The van der Waals surface area contributed by atoms with Crippen LogP contribution < -0.4 is 5.01 Å². The lowest BCUT2D eigenvalue weighted by Crippen LogP contribution is -2.18. The second-order valence-corrected chi connectivity index (χ2v) is 10.8. The highest BCUT2D eigenvalue weighted by Gasteiger charge is 2.29. The first-order valence-corrected chi connectivity index (χ1v) is 14.6. The van der Waals surface area contributed by atoms with Crippen molar-refractivity contribution in [3.05, 3.63) is 167 Å². The Labute approximate surface area is 252 Å². The van der Waals surface area contributed by atoms with E-state index in [9.17, 15) is 0 Å². The van der Waals surface area contributed by atoms with Gasteiger partial charge in [0.15, 0.2) is 5.76 Å². The van der Waals surface area contributed by atoms with Crippen molar-refractivity contribution >= 4 is 23.6 Å². The average Bonchev–Trinajstić information content (AvgIpc) is 3.75. The summed E-state index contributed by atoms with van der Waals surface area (Å²) in [5.74, 6) is 1.39. The molecular weight excluding hydrogens is 526 g/mol. The number of rotatable bonds is 7. The van der Waals surface area contributed by atoms with Crippen molar-refractivity contribution in [3.63, 3.8) is 0 Å². The van der Waals surface area contributed by atoms with Crippen LogP contribution in [-0.2, 0) is 0 Å². The minimum Gasteiger partial charge on any atom is -0.436 e. The van der Waals surface area contributed by atoms with Gasteiger partial charge in [-0.05, 0) is 53.4 Å². The van der Waals surface area contributed by atoms with Crippen LogP contribution in [0.5, 0.6) is 0 Å². The van der Waals surface area contributed by atoms with E-state index in [0.717, 1.165) is 45.8 Å². The lowest BCUT2D eigenvalue weighted by Gasteiger charge is -2.24. The first kappa shape index (κ1) is 26.4. The van der Waals surface area contributed by atoms with Crippen LogP contribution in [0.25, 0.3) is 34.9 Å². The molecule has 4 heteroatoms. The van der Waals surface area contributed by atoms with E-state index in [1.54, 1.807) is 6.20 Å². The zero-order valence-electron chi connectivity index (χ0n) is 24.0. The third-order valence-corrected chi connectivity index (χ3v) is 7.83. The second kappa shape index (κ2) is 11.8. The highest BCUT2D eigenvalue weighted by Crippen LogP contribution is 2.37. The van der Waals surface area contributed by atoms with Gasteiger partial charge < -0.3 is 4.42 Å². The number of anilines is 1. The molecule has 7 rings (SSSR count). The van der Waals surface area contributed by atoms with E-state index in [2.05, 4.69) is 120 Å². The van der Waals surface area contributed by atoms with Gasteiger partial charge in [-0.1, -0.05) is 127 Å². The number of aryl methyl sites for hydroxylation is 1. The topological polar surface area (TPSA) is 41.6 Å². The van der Waals surface area contributed by atoms with Crippen molar-refractivity contribution in [2.24, 2.45) is 5.10 Å². The third-order valence-electron chi connectivity index (χ3n) is 7.83. The summed E-state index contributed by atoms with van der Waals surface area (Å²) in [6.45, 7) is 2.12. The minimum atomic E-state index is 0.157. The number of benzene rings is 5. The van der Waals surface area contributed by atoms with Gasteiger partial charge in [-0.2, -0.15) is 5.10 Å². The molecule has 0 bridgehead atoms. The van der Waals surface area contributed by atoms with E-state index in [4.69, 9.17) is 9.52 Å². The molecule has 1 aliphatic rings. The highest BCUT2D eigenvalue weighted by molar-refractivity contribution is 6.03. The molecular formula is C39H31N3O. The molecule has 0 fully saturated rings. The highest BCUT2D eigenvalue weighted by atomic mass is 16.4. The lowest BCUT2D eigenvalue weighted by molar-refractivity contribution is 0.589. The van der Waals surface area contributed by atoms with Gasteiger partial charge >= 0.3 is 0 Å². The first-order chi connectivity index (χ1) is 21.2. The van der Waals surface area contributed by atoms with Gasteiger partial charge in [-0.15, -0.1) is 0 Å². The Balaban J connectivity index is 1.07. The third kappa shape index (κ3) is 5.81. The summed E-state index contributed by atoms with van der Waals surface area (Å²) in [7, 11) is 0. The summed E-state index contributed by atoms with van der Waals surface area (Å²) in [4.78, 5) is 4.48. The van der Waals surface area contributed by atoms with E-state index in [1.165, 1.54) is 16.7 Å². The Morgan fingerprint density at radius 2 is 1.26 bits per heavy atom. The van der Waals surface area contributed by atoms with Gasteiger partial charge in [-0.3, -0.25) is 5.01 Å². The molecule has 0 N–H and O–H groups in total. The maximum Gasteiger partial charge on any atom is 0.226 e. The van der Waals surface area contributed by atoms with Crippen LogP contribution >= 0.6 is 0 Å². The minimum absolute atomic E-state index is 0.157. The molecule has 1 atom stereocenters. The van der Waals surface area contributed by atoms with Gasteiger partial charge in [0, 0.05) is 17.5 Å². The largest absolute Gasteiger partial charge is 0.436 e. The number of nitrogens with zero attached hydrogens (tertiary/aromatic N) is 3. The molecule has 0 saturated carbocycles. The van der Waals surface area contributed by atoms with E-state index in [-0.39, 0.29) is 6.04 Å². The number of hydrogen-bond acceptors (Lipinski definition) is 4. The summed E-state index contributed by atoms with van der Waals surface area (Å²) >= 11 is 0. The van der Waals surface area contributed by atoms with E-state index >= 15 is 0 Å². The second-order valence-electron chi connectivity index (χ2n) is 10.8. The van der Waals surface area contributed by atoms with Gasteiger partial charge in [0.05, 0.1) is 23.6 Å². The number of hydrogen-bond donors (Lipinski definition) is 0. The first-order valence-electron chi connectivity index (χ1n) is 14.6. The van der Waals surface area contributed by atoms with E-state index in [0.29, 0.717) is 5.89 Å². The van der Waals surface area contributed by atoms with Crippen LogP contribution in [0.1, 0.15) is 40.3 Å². The smallest absolute Gasteiger partial charge is 0.226 e. The van der Waals surface area contributed by atoms with Crippen LogP contribution in [0.4, 0.5) is 5.69 Å². The fourth-order valence-electron chi connectivity index (χ4n) is 5.41. The Morgan fingerprint density at radius 3 is 1.93 bits per heavy atom. The molecule has 43 heavy (non-hydrogen) atoms. The van der Waals surface area contributed by atoms with E-state index < -0.39 is 0 Å². The molecule has 0 spiro atoms. The van der Waals surface area contributed by atoms with Crippen molar-refractivity contribution in [2.45, 2.75) is 19.4 Å². The molecule has 1 aromatic heterocycles. The average molecular weight is 558 g/mol. The zero-order valence-corrected chi connectivity index (χ0v) is 24.0. The van der Waals surface area contributed by atoms with Crippen LogP contribution in [0.2, 0.25) is 0 Å². The van der Waals surface area contributed by atoms with Crippen LogP contribution in [0.3, 0.4) is 0 Å². The number of oxazole rings is 1. The van der Waals surface area contributed by atoms with Gasteiger partial charge in [0.1, 0.15) is 0 Å². The maximum absolute atomic E-state index is 6.01. The molecule has 0 unspecified atom stereocenters. The van der Waals surface area contributed by atoms with Crippen LogP contribution in [-0.4, -0.2) is 10.7 Å². The predicted molar refractivity (Wildman–Crippen MR) is 177 cm³/mol. The fourth-order valence-corrected chi connectivity index (χ4v) is 5.41. The van der Waals surface area contributed by atoms with Crippen molar-refractivity contribution in [1.29, 1.82) is 0 Å². The van der Waals surface area contributed by atoms with Crippen LogP contribution in [0.15, 0.2) is 149 Å². The molecule has 1 aliphatic heterocycles. The fraction of sp³-hybridized carbons (Fsp3) is 0.0769. The van der Waals surface area contributed by atoms with Gasteiger partial charge in [0.2, 0.25) is 5.89 Å². The zero-order chi connectivity index (χ0) is 29.0. The summed E-state index contributed by atoms with van der Waals surface area (Å²) in [5.41, 5.74) is 10.1. The van der Waals surface area contributed by atoms with Gasteiger partial charge in [0.25, 0.3) is 0 Å². The maximum atomic E-state index is 6.01. The Hall–Kier alpha value is -5.48. The Morgan fingerprint density at radius 1 is 0.651 bits per heavy atom. The summed E-state index contributed by atoms with van der Waals surface area (Å²) in [5, 5.41) is 7.28. The van der Waals surface area contributed by atoms with Gasteiger partial charge in [-0.25, -0.2) is 4.98 Å². The van der Waals surface area contributed by atoms with Crippen molar-refractivity contribution in [2.75, 3.05) is 5.01 Å². The van der Waals surface area contributed by atoms with Crippen molar-refractivity contribution < 1.29 is 4.42 Å². The molecule has 4 nitrogen and oxygen atoms in total. The standard InChI is InChI=1S/C39H31N3O/c1-28-12-20-31(21-13-28)36-26-37(32-8-4-2-5-9-32)42(41-36)35-24-18-30(19-25-35)15-14-29-16-22-34(23-17-29)39-40-27-38(43-39)33-10-6-3-7-11-33/h2-25,27,37H,26H2,1H3/b15-14+/t37-/m0/s1. The Kier molecular flexibility index (Phi) is 7.24. The number of hydrazone groups is 1. The Bertz CT molecular complexity index is 1870. The molecule has 2 heterocycles. The monoisotopic (exact) mass is 557 g/mol. The van der Waals surface area contributed by atoms with E-state index in [1.807, 2.05) is 42.5 Å². The van der Waals surface area contributed by atoms with Crippen LogP contribution in [0, 0.1) is 6.92 Å². The SMILES string of the molecule is Cc1ccc(C2=NN(c3ccc(/C=C/c4ccc(-c5ncc(-c6ccccc6)o5)cc4)cc3)[C@H](c3ccccc3)C2)cc1. The molecule has 0 aliphatic carbocycles. The molecule has 0 amide bonds. The summed E-state index contributed by atoms with van der Waals surface area (Å²) in [6, 6.07) is 46.4. The molecule has 6 aromatic rings. The predicted octanol–water partition coefficient (Wildman–Crippen LogP) is 9.84. The summed E-state index contributed by atoms with van der Waals surface area (Å²) < 4.78 is 6.01. The molecule has 208 valence electrons. The number of aromatic nitrogens is 1. The molecule has 0 saturated heterocycles. The van der Waals surface area contributed by atoms with Crippen molar-refractivity contribution in [1.82, 2.24) is 4.98 Å². The summed E-state index contributed by atoms with van der Waals surface area (Å²) in [6.07, 6.45) is 6.91. The molecule has 0 radical (unpaired) electrons. The lowest BCUT2D eigenvalue weighted by atomic mass is 9.98. The normalized spacial score (nSPS) is 14.8. The van der Waals surface area contributed by atoms with Crippen molar-refractivity contribution in [3.8, 4) is 22.8 Å². The molecule has 5 aromatic carbocycles.